The standard InChI is InChI=1S/C18H30N2O/c1-3-10-19-13-16-4-6-17(7-5-16)14-20(2)15-18-8-11-21-12-9-18/h4-7,18-19H,3,8-15H2,1-2H3. The van der Waals surface area contributed by atoms with Gasteiger partial charge in [0.2, 0.25) is 0 Å². The number of hydrogen-bond acceptors (Lipinski definition) is 3. The molecule has 0 saturated carbocycles. The minimum atomic E-state index is 0.807. The maximum atomic E-state index is 5.43. The second-order valence-corrected chi connectivity index (χ2v) is 6.25. The SMILES string of the molecule is CCCNCc1ccc(CN(C)CC2CCOCC2)cc1. The van der Waals surface area contributed by atoms with E-state index in [2.05, 4.69) is 48.5 Å². The van der Waals surface area contributed by atoms with Crippen LogP contribution in [-0.4, -0.2) is 38.3 Å². The molecule has 0 aliphatic carbocycles. The molecule has 0 amide bonds. The van der Waals surface area contributed by atoms with Crippen LogP contribution in [0.15, 0.2) is 24.3 Å². The topological polar surface area (TPSA) is 24.5 Å². The molecule has 0 aromatic heterocycles. The maximum Gasteiger partial charge on any atom is 0.0469 e. The Balaban J connectivity index is 1.73. The molecule has 118 valence electrons. The molecule has 0 atom stereocenters. The molecule has 3 heteroatoms. The van der Waals surface area contributed by atoms with Crippen LogP contribution < -0.4 is 5.32 Å². The van der Waals surface area contributed by atoms with Gasteiger partial charge in [-0.3, -0.25) is 0 Å². The summed E-state index contributed by atoms with van der Waals surface area (Å²) in [5, 5.41) is 3.44. The molecule has 0 spiro atoms. The molecule has 1 N–H and O–H groups in total. The highest BCUT2D eigenvalue weighted by atomic mass is 16.5. The number of nitrogens with zero attached hydrogens (tertiary/aromatic N) is 1. The number of nitrogens with one attached hydrogen (secondary N) is 1. The average molecular weight is 290 g/mol. The van der Waals surface area contributed by atoms with E-state index in [1.165, 1.54) is 36.9 Å². The lowest BCUT2D eigenvalue weighted by atomic mass is 9.99. The van der Waals surface area contributed by atoms with E-state index in [4.69, 9.17) is 4.74 Å². The molecular weight excluding hydrogens is 260 g/mol. The van der Waals surface area contributed by atoms with E-state index in [1.54, 1.807) is 0 Å². The Morgan fingerprint density at radius 3 is 2.48 bits per heavy atom. The first-order valence-corrected chi connectivity index (χ1v) is 8.32. The van der Waals surface area contributed by atoms with Crippen LogP contribution in [0.4, 0.5) is 0 Å². The number of benzene rings is 1. The van der Waals surface area contributed by atoms with Gasteiger partial charge in [-0.25, -0.2) is 0 Å². The van der Waals surface area contributed by atoms with Gasteiger partial charge in [-0.05, 0) is 49.9 Å². The van der Waals surface area contributed by atoms with Crippen LogP contribution in [-0.2, 0) is 17.8 Å². The highest BCUT2D eigenvalue weighted by Gasteiger charge is 2.15. The van der Waals surface area contributed by atoms with E-state index >= 15 is 0 Å². The molecule has 0 radical (unpaired) electrons. The second kappa shape index (κ2) is 9.19. The summed E-state index contributed by atoms with van der Waals surface area (Å²) < 4.78 is 5.43. The van der Waals surface area contributed by atoms with E-state index in [0.29, 0.717) is 0 Å². The first kappa shape index (κ1) is 16.5. The summed E-state index contributed by atoms with van der Waals surface area (Å²) in [5.74, 6) is 0.807. The largest absolute Gasteiger partial charge is 0.381 e. The van der Waals surface area contributed by atoms with Crippen LogP contribution in [0.1, 0.15) is 37.3 Å². The summed E-state index contributed by atoms with van der Waals surface area (Å²) in [6.45, 7) is 8.38. The van der Waals surface area contributed by atoms with Gasteiger partial charge in [-0.1, -0.05) is 31.2 Å². The van der Waals surface area contributed by atoms with Gasteiger partial charge < -0.3 is 15.0 Å². The van der Waals surface area contributed by atoms with Gasteiger partial charge in [0.15, 0.2) is 0 Å². The van der Waals surface area contributed by atoms with Crippen molar-refractivity contribution in [3.8, 4) is 0 Å². The summed E-state index contributed by atoms with van der Waals surface area (Å²) in [4.78, 5) is 2.44. The molecule has 21 heavy (non-hydrogen) atoms. The Kier molecular flexibility index (Phi) is 7.20. The van der Waals surface area contributed by atoms with Crippen molar-refractivity contribution in [2.75, 3.05) is 33.4 Å². The van der Waals surface area contributed by atoms with E-state index < -0.39 is 0 Å². The predicted octanol–water partition coefficient (Wildman–Crippen LogP) is 3.04. The third-order valence-electron chi connectivity index (χ3n) is 4.14. The van der Waals surface area contributed by atoms with Crippen molar-refractivity contribution in [3.63, 3.8) is 0 Å². The van der Waals surface area contributed by atoms with E-state index in [0.717, 1.165) is 38.8 Å². The normalized spacial score (nSPS) is 16.5. The van der Waals surface area contributed by atoms with Crippen molar-refractivity contribution < 1.29 is 4.74 Å². The Morgan fingerprint density at radius 2 is 1.81 bits per heavy atom. The fraction of sp³-hybridized carbons (Fsp3) is 0.667. The zero-order chi connectivity index (χ0) is 14.9. The lowest BCUT2D eigenvalue weighted by Gasteiger charge is -2.27. The molecule has 2 rings (SSSR count). The van der Waals surface area contributed by atoms with Gasteiger partial charge >= 0.3 is 0 Å². The van der Waals surface area contributed by atoms with Crippen molar-refractivity contribution in [2.45, 2.75) is 39.3 Å². The van der Waals surface area contributed by atoms with Gasteiger partial charge in [-0.2, -0.15) is 0 Å². The summed E-state index contributed by atoms with van der Waals surface area (Å²) >= 11 is 0. The lowest BCUT2D eigenvalue weighted by molar-refractivity contribution is 0.0549. The fourth-order valence-corrected chi connectivity index (χ4v) is 2.92. The third kappa shape index (κ3) is 6.16. The van der Waals surface area contributed by atoms with Gasteiger partial charge in [0, 0.05) is 32.8 Å². The minimum absolute atomic E-state index is 0.807. The predicted molar refractivity (Wildman–Crippen MR) is 88.3 cm³/mol. The second-order valence-electron chi connectivity index (χ2n) is 6.25. The zero-order valence-electron chi connectivity index (χ0n) is 13.6. The molecule has 1 saturated heterocycles. The molecule has 3 nitrogen and oxygen atoms in total. The van der Waals surface area contributed by atoms with Crippen LogP contribution in [0, 0.1) is 5.92 Å². The minimum Gasteiger partial charge on any atom is -0.381 e. The number of rotatable bonds is 8. The van der Waals surface area contributed by atoms with Gasteiger partial charge in [0.05, 0.1) is 0 Å². The summed E-state index contributed by atoms with van der Waals surface area (Å²) in [5.41, 5.74) is 2.78. The first-order valence-electron chi connectivity index (χ1n) is 8.32. The average Bonchev–Trinajstić information content (AvgIpc) is 2.50. The Hall–Kier alpha value is -0.900. The molecule has 0 unspecified atom stereocenters. The van der Waals surface area contributed by atoms with Crippen molar-refractivity contribution in [1.29, 1.82) is 0 Å². The van der Waals surface area contributed by atoms with Crippen LogP contribution in [0.2, 0.25) is 0 Å². The Morgan fingerprint density at radius 1 is 1.14 bits per heavy atom. The molecule has 0 bridgehead atoms. The molecule has 1 aliphatic rings. The zero-order valence-corrected chi connectivity index (χ0v) is 13.6. The highest BCUT2D eigenvalue weighted by Crippen LogP contribution is 2.16. The summed E-state index contributed by atoms with van der Waals surface area (Å²) in [6.07, 6.45) is 3.62. The van der Waals surface area contributed by atoms with E-state index in [-0.39, 0.29) is 0 Å². The number of hydrogen-bond donors (Lipinski definition) is 1. The monoisotopic (exact) mass is 290 g/mol. The highest BCUT2D eigenvalue weighted by molar-refractivity contribution is 5.22. The quantitative estimate of drug-likeness (QED) is 0.745. The Bertz CT molecular complexity index is 385. The third-order valence-corrected chi connectivity index (χ3v) is 4.14. The van der Waals surface area contributed by atoms with Crippen molar-refractivity contribution >= 4 is 0 Å². The molecule has 1 heterocycles. The molecule has 1 aromatic carbocycles. The van der Waals surface area contributed by atoms with Gasteiger partial charge in [0.1, 0.15) is 0 Å². The van der Waals surface area contributed by atoms with E-state index in [1.807, 2.05) is 0 Å². The van der Waals surface area contributed by atoms with Crippen LogP contribution >= 0.6 is 0 Å². The van der Waals surface area contributed by atoms with Crippen molar-refractivity contribution in [1.82, 2.24) is 10.2 Å². The van der Waals surface area contributed by atoms with Crippen LogP contribution in [0.3, 0.4) is 0 Å². The molecule has 1 aliphatic heterocycles. The van der Waals surface area contributed by atoms with Crippen LogP contribution in [0.5, 0.6) is 0 Å². The Labute approximate surface area is 129 Å². The molecule has 1 fully saturated rings. The maximum absolute atomic E-state index is 5.43. The summed E-state index contributed by atoms with van der Waals surface area (Å²) in [6, 6.07) is 9.04. The van der Waals surface area contributed by atoms with Crippen molar-refractivity contribution in [2.24, 2.45) is 5.92 Å². The lowest BCUT2D eigenvalue weighted by Crippen LogP contribution is -2.29. The molecule has 1 aromatic rings. The smallest absolute Gasteiger partial charge is 0.0469 e. The van der Waals surface area contributed by atoms with Gasteiger partial charge in [0.25, 0.3) is 0 Å². The number of ether oxygens (including phenoxy) is 1. The van der Waals surface area contributed by atoms with Crippen LogP contribution in [0.25, 0.3) is 0 Å². The molecular formula is C18H30N2O. The summed E-state index contributed by atoms with van der Waals surface area (Å²) in [7, 11) is 2.23. The van der Waals surface area contributed by atoms with Crippen molar-refractivity contribution in [3.05, 3.63) is 35.4 Å². The first-order chi connectivity index (χ1) is 10.3. The fourth-order valence-electron chi connectivity index (χ4n) is 2.92. The van der Waals surface area contributed by atoms with E-state index in [9.17, 15) is 0 Å². The van der Waals surface area contributed by atoms with Gasteiger partial charge in [-0.15, -0.1) is 0 Å².